The van der Waals surface area contributed by atoms with Crippen molar-refractivity contribution in [3.8, 4) is 0 Å². The third kappa shape index (κ3) is 2.56. The van der Waals surface area contributed by atoms with E-state index in [9.17, 15) is 4.79 Å². The minimum absolute atomic E-state index is 0.175. The molecule has 1 N–H and O–H groups in total. The van der Waals surface area contributed by atoms with Crippen LogP contribution in [0.5, 0.6) is 0 Å². The number of hydrogen-bond acceptors (Lipinski definition) is 2. The standard InChI is InChI=1S/C15H16N2O/c1-10-8-11(2)14(12(3)9-10)17-15(18)13-6-4-5-7-16-13/h4-9H,1-3H3,(H,17,18). The molecule has 0 atom stereocenters. The summed E-state index contributed by atoms with van der Waals surface area (Å²) in [7, 11) is 0. The van der Waals surface area contributed by atoms with Crippen molar-refractivity contribution in [2.24, 2.45) is 0 Å². The van der Waals surface area contributed by atoms with Crippen molar-refractivity contribution in [2.75, 3.05) is 5.32 Å². The fourth-order valence-corrected chi connectivity index (χ4v) is 2.05. The summed E-state index contributed by atoms with van der Waals surface area (Å²) in [4.78, 5) is 16.1. The average molecular weight is 240 g/mol. The topological polar surface area (TPSA) is 42.0 Å². The number of benzene rings is 1. The lowest BCUT2D eigenvalue weighted by Crippen LogP contribution is -2.15. The quantitative estimate of drug-likeness (QED) is 0.875. The van der Waals surface area contributed by atoms with E-state index in [2.05, 4.69) is 22.4 Å². The SMILES string of the molecule is Cc1cc(C)c(NC(=O)c2ccccn2)c(C)c1. The number of rotatable bonds is 2. The summed E-state index contributed by atoms with van der Waals surface area (Å²) in [5.74, 6) is -0.175. The first kappa shape index (κ1) is 12.3. The van der Waals surface area contributed by atoms with Crippen LogP contribution >= 0.6 is 0 Å². The number of nitrogens with one attached hydrogen (secondary N) is 1. The Bertz CT molecular complexity index is 553. The van der Waals surface area contributed by atoms with Gasteiger partial charge in [0.1, 0.15) is 5.69 Å². The molecule has 1 aromatic carbocycles. The summed E-state index contributed by atoms with van der Waals surface area (Å²) in [6.45, 7) is 6.03. The van der Waals surface area contributed by atoms with Crippen molar-refractivity contribution >= 4 is 11.6 Å². The summed E-state index contributed by atoms with van der Waals surface area (Å²) in [5.41, 5.74) is 4.63. The molecule has 2 aromatic rings. The molecule has 3 nitrogen and oxygen atoms in total. The first-order chi connectivity index (χ1) is 8.58. The predicted molar refractivity (Wildman–Crippen MR) is 72.8 cm³/mol. The van der Waals surface area contributed by atoms with Crippen LogP contribution in [0.3, 0.4) is 0 Å². The summed E-state index contributed by atoms with van der Waals surface area (Å²) in [6, 6.07) is 9.41. The van der Waals surface area contributed by atoms with Crippen molar-refractivity contribution < 1.29 is 4.79 Å². The summed E-state index contributed by atoms with van der Waals surface area (Å²) >= 11 is 0. The number of anilines is 1. The van der Waals surface area contributed by atoms with Crippen LogP contribution in [-0.2, 0) is 0 Å². The van der Waals surface area contributed by atoms with Crippen LogP contribution in [-0.4, -0.2) is 10.9 Å². The first-order valence-electron chi connectivity index (χ1n) is 5.88. The molecule has 0 unspecified atom stereocenters. The molecule has 0 saturated carbocycles. The molecule has 0 fully saturated rings. The minimum atomic E-state index is -0.175. The molecule has 18 heavy (non-hydrogen) atoms. The highest BCUT2D eigenvalue weighted by Crippen LogP contribution is 2.22. The number of pyridine rings is 1. The van der Waals surface area contributed by atoms with E-state index >= 15 is 0 Å². The van der Waals surface area contributed by atoms with E-state index in [0.717, 1.165) is 16.8 Å². The maximum absolute atomic E-state index is 12.0. The fourth-order valence-electron chi connectivity index (χ4n) is 2.05. The second kappa shape index (κ2) is 5.00. The monoisotopic (exact) mass is 240 g/mol. The van der Waals surface area contributed by atoms with Crippen LogP contribution in [0, 0.1) is 20.8 Å². The van der Waals surface area contributed by atoms with Crippen molar-refractivity contribution in [1.82, 2.24) is 4.98 Å². The molecule has 0 aliphatic heterocycles. The highest BCUT2D eigenvalue weighted by atomic mass is 16.1. The van der Waals surface area contributed by atoms with E-state index in [1.807, 2.05) is 20.8 Å². The molecule has 0 aliphatic carbocycles. The number of carbonyl (C=O) groups is 1. The molecule has 0 spiro atoms. The van der Waals surface area contributed by atoms with Gasteiger partial charge in [-0.15, -0.1) is 0 Å². The number of carbonyl (C=O) groups excluding carboxylic acids is 1. The molecule has 92 valence electrons. The van der Waals surface area contributed by atoms with Gasteiger partial charge in [-0.05, 0) is 44.0 Å². The fraction of sp³-hybridized carbons (Fsp3) is 0.200. The van der Waals surface area contributed by atoms with Crippen molar-refractivity contribution in [1.29, 1.82) is 0 Å². The van der Waals surface area contributed by atoms with Gasteiger partial charge in [-0.2, -0.15) is 0 Å². The van der Waals surface area contributed by atoms with Crippen molar-refractivity contribution in [3.05, 3.63) is 58.9 Å². The zero-order chi connectivity index (χ0) is 13.1. The smallest absolute Gasteiger partial charge is 0.274 e. The van der Waals surface area contributed by atoms with Gasteiger partial charge in [-0.25, -0.2) is 0 Å². The Kier molecular flexibility index (Phi) is 3.42. The average Bonchev–Trinajstić information content (AvgIpc) is 2.34. The largest absolute Gasteiger partial charge is 0.320 e. The second-order valence-electron chi connectivity index (χ2n) is 4.44. The molecule has 1 heterocycles. The lowest BCUT2D eigenvalue weighted by molar-refractivity contribution is 0.102. The van der Waals surface area contributed by atoms with Crippen LogP contribution in [0.1, 0.15) is 27.2 Å². The van der Waals surface area contributed by atoms with Gasteiger partial charge in [0.15, 0.2) is 0 Å². The number of hydrogen-bond donors (Lipinski definition) is 1. The Morgan fingerprint density at radius 2 is 1.78 bits per heavy atom. The molecule has 2 rings (SSSR count). The molecule has 0 radical (unpaired) electrons. The first-order valence-corrected chi connectivity index (χ1v) is 5.88. The van der Waals surface area contributed by atoms with E-state index in [-0.39, 0.29) is 5.91 Å². The Morgan fingerprint density at radius 3 is 2.33 bits per heavy atom. The molecular formula is C15H16N2O. The Labute approximate surface area is 107 Å². The maximum atomic E-state index is 12.0. The lowest BCUT2D eigenvalue weighted by atomic mass is 10.0. The molecule has 0 aliphatic rings. The zero-order valence-electron chi connectivity index (χ0n) is 10.8. The second-order valence-corrected chi connectivity index (χ2v) is 4.44. The van der Waals surface area contributed by atoms with Gasteiger partial charge in [-0.3, -0.25) is 9.78 Å². The molecule has 0 bridgehead atoms. The maximum Gasteiger partial charge on any atom is 0.274 e. The lowest BCUT2D eigenvalue weighted by Gasteiger charge is -2.12. The minimum Gasteiger partial charge on any atom is -0.320 e. The predicted octanol–water partition coefficient (Wildman–Crippen LogP) is 3.26. The molecule has 3 heteroatoms. The van der Waals surface area contributed by atoms with Gasteiger partial charge in [0.05, 0.1) is 0 Å². The van der Waals surface area contributed by atoms with E-state index < -0.39 is 0 Å². The Balaban J connectivity index is 2.28. The van der Waals surface area contributed by atoms with Gasteiger partial charge >= 0.3 is 0 Å². The van der Waals surface area contributed by atoms with E-state index in [1.165, 1.54) is 5.56 Å². The summed E-state index contributed by atoms with van der Waals surface area (Å²) in [6.07, 6.45) is 1.61. The third-order valence-corrected chi connectivity index (χ3v) is 2.81. The summed E-state index contributed by atoms with van der Waals surface area (Å²) < 4.78 is 0. The van der Waals surface area contributed by atoms with Gasteiger partial charge in [-0.1, -0.05) is 23.8 Å². The molecular weight excluding hydrogens is 224 g/mol. The van der Waals surface area contributed by atoms with Crippen LogP contribution in [0.4, 0.5) is 5.69 Å². The normalized spacial score (nSPS) is 10.2. The van der Waals surface area contributed by atoms with Gasteiger partial charge in [0.2, 0.25) is 0 Å². The number of nitrogens with zero attached hydrogens (tertiary/aromatic N) is 1. The van der Waals surface area contributed by atoms with Crippen LogP contribution in [0.25, 0.3) is 0 Å². The Morgan fingerprint density at radius 1 is 1.11 bits per heavy atom. The third-order valence-electron chi connectivity index (χ3n) is 2.81. The molecule has 1 aromatic heterocycles. The number of amides is 1. The molecule has 0 saturated heterocycles. The highest BCUT2D eigenvalue weighted by molar-refractivity contribution is 6.03. The zero-order valence-corrected chi connectivity index (χ0v) is 10.8. The van der Waals surface area contributed by atoms with Crippen molar-refractivity contribution in [3.63, 3.8) is 0 Å². The number of aromatic nitrogens is 1. The van der Waals surface area contributed by atoms with Gasteiger partial charge in [0, 0.05) is 11.9 Å². The van der Waals surface area contributed by atoms with E-state index in [1.54, 1.807) is 24.4 Å². The van der Waals surface area contributed by atoms with Crippen LogP contribution < -0.4 is 5.32 Å². The van der Waals surface area contributed by atoms with E-state index in [0.29, 0.717) is 5.69 Å². The van der Waals surface area contributed by atoms with Crippen LogP contribution in [0.15, 0.2) is 36.5 Å². The highest BCUT2D eigenvalue weighted by Gasteiger charge is 2.10. The number of aryl methyl sites for hydroxylation is 3. The van der Waals surface area contributed by atoms with Crippen LogP contribution in [0.2, 0.25) is 0 Å². The van der Waals surface area contributed by atoms with Gasteiger partial charge in [0.25, 0.3) is 5.91 Å². The van der Waals surface area contributed by atoms with Gasteiger partial charge < -0.3 is 5.32 Å². The molecule has 1 amide bonds. The Hall–Kier alpha value is -2.16. The summed E-state index contributed by atoms with van der Waals surface area (Å²) in [5, 5.41) is 2.92. The van der Waals surface area contributed by atoms with Crippen molar-refractivity contribution in [2.45, 2.75) is 20.8 Å². The van der Waals surface area contributed by atoms with E-state index in [4.69, 9.17) is 0 Å².